The third-order valence-electron chi connectivity index (χ3n) is 2.98. The fourth-order valence-corrected chi connectivity index (χ4v) is 1.98. The summed E-state index contributed by atoms with van der Waals surface area (Å²) in [4.78, 5) is 4.04. The number of phenols is 1. The number of imidazole rings is 1. The molecule has 102 valence electrons. The standard InChI is InChI=1S/C13H13N5O2/c1-7-6-18(13(14)16-7)15-5-10-11(19)4-3-9-8(2)17-20-12(9)10/h3-6,19H,1-2H3,(H2,14,16). The average Bonchev–Trinajstić information content (AvgIpc) is 2.92. The molecule has 0 saturated carbocycles. The summed E-state index contributed by atoms with van der Waals surface area (Å²) in [6.45, 7) is 3.65. The Hall–Kier alpha value is -2.83. The summed E-state index contributed by atoms with van der Waals surface area (Å²) in [6.07, 6.45) is 3.16. The third kappa shape index (κ3) is 1.89. The van der Waals surface area contributed by atoms with Crippen LogP contribution in [0.2, 0.25) is 0 Å². The van der Waals surface area contributed by atoms with Gasteiger partial charge in [-0.25, -0.2) is 9.66 Å². The van der Waals surface area contributed by atoms with Gasteiger partial charge in [-0.15, -0.1) is 0 Å². The lowest BCUT2D eigenvalue weighted by Crippen LogP contribution is -1.97. The molecule has 0 aliphatic rings. The van der Waals surface area contributed by atoms with Crippen LogP contribution in [0.3, 0.4) is 0 Å². The van der Waals surface area contributed by atoms with E-state index < -0.39 is 0 Å². The van der Waals surface area contributed by atoms with Gasteiger partial charge in [-0.3, -0.25) is 0 Å². The Morgan fingerprint density at radius 3 is 2.90 bits per heavy atom. The SMILES string of the molecule is Cc1cn(N=Cc2c(O)ccc3c(C)noc23)c(N)n1. The van der Waals surface area contributed by atoms with Crippen molar-refractivity contribution in [2.75, 3.05) is 5.73 Å². The van der Waals surface area contributed by atoms with Crippen LogP contribution in [-0.4, -0.2) is 26.1 Å². The summed E-state index contributed by atoms with van der Waals surface area (Å²) in [6, 6.07) is 3.33. The molecular weight excluding hydrogens is 258 g/mol. The highest BCUT2D eigenvalue weighted by atomic mass is 16.5. The topological polar surface area (TPSA) is 102 Å². The van der Waals surface area contributed by atoms with Crippen LogP contribution in [0.25, 0.3) is 11.0 Å². The zero-order valence-electron chi connectivity index (χ0n) is 11.0. The summed E-state index contributed by atoms with van der Waals surface area (Å²) in [5.74, 6) is 0.340. The second-order valence-electron chi connectivity index (χ2n) is 4.47. The number of aryl methyl sites for hydroxylation is 2. The molecule has 0 saturated heterocycles. The Kier molecular flexibility index (Phi) is 2.67. The molecule has 0 fully saturated rings. The second kappa shape index (κ2) is 4.37. The minimum Gasteiger partial charge on any atom is -0.507 e. The lowest BCUT2D eigenvalue weighted by molar-refractivity contribution is 0.443. The molecule has 0 aliphatic heterocycles. The van der Waals surface area contributed by atoms with Crippen LogP contribution < -0.4 is 5.73 Å². The van der Waals surface area contributed by atoms with Crippen LogP contribution in [0.1, 0.15) is 17.0 Å². The highest BCUT2D eigenvalue weighted by Crippen LogP contribution is 2.27. The van der Waals surface area contributed by atoms with Crippen LogP contribution in [0.5, 0.6) is 5.75 Å². The number of fused-ring (bicyclic) bond motifs is 1. The number of aromatic nitrogens is 3. The van der Waals surface area contributed by atoms with Crippen molar-refractivity contribution >= 4 is 23.1 Å². The van der Waals surface area contributed by atoms with Gasteiger partial charge in [0.1, 0.15) is 5.75 Å². The number of phenolic OH excluding ortho intramolecular Hbond substituents is 1. The minimum absolute atomic E-state index is 0.0628. The zero-order valence-corrected chi connectivity index (χ0v) is 11.0. The molecule has 0 atom stereocenters. The highest BCUT2D eigenvalue weighted by Gasteiger charge is 2.12. The van der Waals surface area contributed by atoms with E-state index in [1.54, 1.807) is 18.3 Å². The van der Waals surface area contributed by atoms with Crippen molar-refractivity contribution in [2.45, 2.75) is 13.8 Å². The first-order valence-corrected chi connectivity index (χ1v) is 6.00. The predicted molar refractivity (Wildman–Crippen MR) is 74.8 cm³/mol. The van der Waals surface area contributed by atoms with E-state index in [0.717, 1.165) is 16.8 Å². The Bertz CT molecular complexity index is 816. The Labute approximate surface area is 114 Å². The van der Waals surface area contributed by atoms with E-state index >= 15 is 0 Å². The van der Waals surface area contributed by atoms with Crippen LogP contribution in [0, 0.1) is 13.8 Å². The first kappa shape index (κ1) is 12.2. The van der Waals surface area contributed by atoms with Gasteiger partial charge in [0.05, 0.1) is 29.4 Å². The van der Waals surface area contributed by atoms with Gasteiger partial charge in [-0.1, -0.05) is 5.16 Å². The van der Waals surface area contributed by atoms with Crippen molar-refractivity contribution < 1.29 is 9.63 Å². The van der Waals surface area contributed by atoms with E-state index in [-0.39, 0.29) is 11.7 Å². The molecule has 0 aliphatic carbocycles. The Morgan fingerprint density at radius 2 is 2.20 bits per heavy atom. The maximum Gasteiger partial charge on any atom is 0.221 e. The first-order chi connectivity index (χ1) is 9.56. The fraction of sp³-hybridized carbons (Fsp3) is 0.154. The molecule has 3 aromatic rings. The third-order valence-corrected chi connectivity index (χ3v) is 2.98. The van der Waals surface area contributed by atoms with Gasteiger partial charge in [0, 0.05) is 5.39 Å². The molecule has 0 radical (unpaired) electrons. The number of benzene rings is 1. The summed E-state index contributed by atoms with van der Waals surface area (Å²) < 4.78 is 6.65. The minimum atomic E-state index is 0.0628. The van der Waals surface area contributed by atoms with Crippen molar-refractivity contribution in [3.05, 3.63) is 35.3 Å². The van der Waals surface area contributed by atoms with Gasteiger partial charge in [-0.05, 0) is 26.0 Å². The van der Waals surface area contributed by atoms with Crippen molar-refractivity contribution in [2.24, 2.45) is 5.10 Å². The number of aromatic hydroxyl groups is 1. The number of hydrogen-bond donors (Lipinski definition) is 2. The number of nitrogens with zero attached hydrogens (tertiary/aromatic N) is 4. The van der Waals surface area contributed by atoms with Gasteiger partial charge in [0.15, 0.2) is 5.58 Å². The van der Waals surface area contributed by atoms with Gasteiger partial charge >= 0.3 is 0 Å². The molecule has 1 aromatic carbocycles. The Balaban J connectivity index is 2.10. The van der Waals surface area contributed by atoms with Crippen molar-refractivity contribution in [1.29, 1.82) is 0 Å². The Morgan fingerprint density at radius 1 is 1.40 bits per heavy atom. The molecule has 3 rings (SSSR count). The highest BCUT2D eigenvalue weighted by molar-refractivity contribution is 5.99. The normalized spacial score (nSPS) is 11.7. The van der Waals surface area contributed by atoms with Crippen molar-refractivity contribution in [3.63, 3.8) is 0 Å². The van der Waals surface area contributed by atoms with Crippen LogP contribution in [-0.2, 0) is 0 Å². The summed E-state index contributed by atoms with van der Waals surface area (Å²) >= 11 is 0. The van der Waals surface area contributed by atoms with Gasteiger partial charge < -0.3 is 15.4 Å². The van der Waals surface area contributed by atoms with Crippen molar-refractivity contribution in [1.82, 2.24) is 14.8 Å². The molecule has 7 heteroatoms. The van der Waals surface area contributed by atoms with Crippen LogP contribution in [0.15, 0.2) is 28.0 Å². The fourth-order valence-electron chi connectivity index (χ4n) is 1.98. The largest absolute Gasteiger partial charge is 0.507 e. The number of anilines is 1. The van der Waals surface area contributed by atoms with E-state index in [1.165, 1.54) is 10.9 Å². The molecule has 0 bridgehead atoms. The maximum atomic E-state index is 9.94. The average molecular weight is 271 g/mol. The monoisotopic (exact) mass is 271 g/mol. The molecule has 2 heterocycles. The molecular formula is C13H13N5O2. The molecule has 0 unspecified atom stereocenters. The van der Waals surface area contributed by atoms with E-state index in [0.29, 0.717) is 11.1 Å². The summed E-state index contributed by atoms with van der Waals surface area (Å²) in [5.41, 5.74) is 8.16. The molecule has 3 N–H and O–H groups in total. The lowest BCUT2D eigenvalue weighted by atomic mass is 10.1. The molecule has 0 spiro atoms. The van der Waals surface area contributed by atoms with E-state index in [9.17, 15) is 5.11 Å². The van der Waals surface area contributed by atoms with Crippen LogP contribution >= 0.6 is 0 Å². The predicted octanol–water partition coefficient (Wildman–Crippen LogP) is 1.81. The van der Waals surface area contributed by atoms with Gasteiger partial charge in [-0.2, -0.15) is 5.10 Å². The summed E-state index contributed by atoms with van der Waals surface area (Å²) in [5, 5.41) is 18.8. The quantitative estimate of drug-likeness (QED) is 0.692. The van der Waals surface area contributed by atoms with Crippen LogP contribution in [0.4, 0.5) is 5.95 Å². The molecule has 7 nitrogen and oxygen atoms in total. The zero-order chi connectivity index (χ0) is 14.3. The summed E-state index contributed by atoms with van der Waals surface area (Å²) in [7, 11) is 0. The molecule has 20 heavy (non-hydrogen) atoms. The van der Waals surface area contributed by atoms with Gasteiger partial charge in [0.25, 0.3) is 0 Å². The van der Waals surface area contributed by atoms with E-state index in [4.69, 9.17) is 10.3 Å². The molecule has 0 amide bonds. The number of rotatable bonds is 2. The van der Waals surface area contributed by atoms with Crippen molar-refractivity contribution in [3.8, 4) is 5.75 Å². The first-order valence-electron chi connectivity index (χ1n) is 6.00. The number of nitrogen functional groups attached to an aromatic ring is 1. The van der Waals surface area contributed by atoms with Gasteiger partial charge in [0.2, 0.25) is 5.95 Å². The lowest BCUT2D eigenvalue weighted by Gasteiger charge is -1.99. The van der Waals surface area contributed by atoms with E-state index in [2.05, 4.69) is 15.2 Å². The second-order valence-corrected chi connectivity index (χ2v) is 4.47. The smallest absolute Gasteiger partial charge is 0.221 e. The van der Waals surface area contributed by atoms with E-state index in [1.807, 2.05) is 13.8 Å². The maximum absolute atomic E-state index is 9.94. The number of hydrogen-bond acceptors (Lipinski definition) is 6. The number of nitrogens with two attached hydrogens (primary N) is 1. The molecule has 2 aromatic heterocycles.